The molecule has 0 unspecified atom stereocenters. The summed E-state index contributed by atoms with van der Waals surface area (Å²) in [6, 6.07) is 16.0. The third-order valence-electron chi connectivity index (χ3n) is 5.60. The molecule has 27 heavy (non-hydrogen) atoms. The number of anilines is 1. The van der Waals surface area contributed by atoms with Crippen molar-refractivity contribution < 1.29 is 4.79 Å². The van der Waals surface area contributed by atoms with Crippen molar-refractivity contribution in [1.29, 1.82) is 0 Å². The van der Waals surface area contributed by atoms with E-state index in [4.69, 9.17) is 0 Å². The molecule has 2 atom stereocenters. The van der Waals surface area contributed by atoms with E-state index >= 15 is 0 Å². The van der Waals surface area contributed by atoms with Crippen molar-refractivity contribution in [1.82, 2.24) is 14.9 Å². The molecule has 4 heterocycles. The van der Waals surface area contributed by atoms with Crippen LogP contribution in [0.5, 0.6) is 0 Å². The zero-order chi connectivity index (χ0) is 18.4. The fourth-order valence-corrected chi connectivity index (χ4v) is 4.34. The minimum absolute atomic E-state index is 0.0590. The number of urea groups is 1. The van der Waals surface area contributed by atoms with Crippen molar-refractivity contribution in [2.45, 2.75) is 31.8 Å². The van der Waals surface area contributed by atoms with Gasteiger partial charge in [0.1, 0.15) is 0 Å². The first-order valence-electron chi connectivity index (χ1n) is 9.28. The molecule has 1 fully saturated rings. The van der Waals surface area contributed by atoms with Crippen molar-refractivity contribution in [3.8, 4) is 11.3 Å². The Balaban J connectivity index is 1.41. The fraction of sp³-hybridized carbons (Fsp3) is 0.227. The lowest BCUT2D eigenvalue weighted by Crippen LogP contribution is -2.32. The van der Waals surface area contributed by atoms with E-state index in [-0.39, 0.29) is 18.1 Å². The smallest absolute Gasteiger partial charge is 0.309 e. The highest BCUT2D eigenvalue weighted by atomic mass is 16.2. The van der Waals surface area contributed by atoms with Crippen LogP contribution < -0.4 is 5.32 Å². The third-order valence-corrected chi connectivity index (χ3v) is 5.60. The fourth-order valence-electron chi connectivity index (χ4n) is 4.34. The lowest BCUT2D eigenvalue weighted by molar-refractivity contribution is 0.196. The second kappa shape index (κ2) is 6.20. The van der Waals surface area contributed by atoms with Crippen LogP contribution >= 0.6 is 0 Å². The molecule has 2 aromatic heterocycles. The summed E-state index contributed by atoms with van der Waals surface area (Å²) in [5, 5.41) is 3.09. The lowest BCUT2D eigenvalue weighted by Gasteiger charge is -2.23. The lowest BCUT2D eigenvalue weighted by atomic mass is 9.96. The summed E-state index contributed by atoms with van der Waals surface area (Å²) in [7, 11) is 0. The van der Waals surface area contributed by atoms with E-state index in [0.717, 1.165) is 41.0 Å². The van der Waals surface area contributed by atoms with E-state index in [1.54, 1.807) is 6.20 Å². The second-order valence-electron chi connectivity index (χ2n) is 7.17. The first-order valence-corrected chi connectivity index (χ1v) is 9.28. The van der Waals surface area contributed by atoms with Gasteiger partial charge in [-0.25, -0.2) is 4.79 Å². The molecule has 1 N–H and O–H groups in total. The summed E-state index contributed by atoms with van der Waals surface area (Å²) < 4.78 is 0. The number of benzene rings is 1. The molecule has 2 aliphatic heterocycles. The number of amides is 2. The Labute approximate surface area is 158 Å². The summed E-state index contributed by atoms with van der Waals surface area (Å²) in [5.74, 6) is 0. The SMILES string of the molecule is Cc1ccc(NC(=O)N2[C@@H]3CC[C@H]2c2ncccc23)cc1-c1ccccn1. The first-order chi connectivity index (χ1) is 13.2. The number of nitrogens with zero attached hydrogens (tertiary/aromatic N) is 3. The Morgan fingerprint density at radius 1 is 1.04 bits per heavy atom. The Hall–Kier alpha value is -3.21. The van der Waals surface area contributed by atoms with Gasteiger partial charge in [0.2, 0.25) is 0 Å². The molecule has 2 amide bonds. The topological polar surface area (TPSA) is 58.1 Å². The number of nitrogens with one attached hydrogen (secondary N) is 1. The highest BCUT2D eigenvalue weighted by Gasteiger charge is 2.47. The van der Waals surface area contributed by atoms with Crippen LogP contribution in [-0.4, -0.2) is 20.9 Å². The molecule has 2 aliphatic rings. The number of carbonyl (C=O) groups is 1. The number of aromatic nitrogens is 2. The van der Waals surface area contributed by atoms with Gasteiger partial charge in [-0.15, -0.1) is 0 Å². The van der Waals surface area contributed by atoms with Crippen molar-refractivity contribution in [2.24, 2.45) is 0 Å². The van der Waals surface area contributed by atoms with Crippen molar-refractivity contribution in [2.75, 3.05) is 5.32 Å². The highest BCUT2D eigenvalue weighted by molar-refractivity contribution is 5.91. The van der Waals surface area contributed by atoms with Crippen LogP contribution in [0.1, 0.15) is 41.7 Å². The maximum Gasteiger partial charge on any atom is 0.322 e. The van der Waals surface area contributed by atoms with Gasteiger partial charge in [0.05, 0.1) is 23.5 Å². The van der Waals surface area contributed by atoms with Crippen molar-refractivity contribution in [3.05, 3.63) is 77.7 Å². The van der Waals surface area contributed by atoms with E-state index < -0.39 is 0 Å². The maximum atomic E-state index is 13.0. The summed E-state index contributed by atoms with van der Waals surface area (Å²) >= 11 is 0. The van der Waals surface area contributed by atoms with Gasteiger partial charge < -0.3 is 10.2 Å². The number of rotatable bonds is 2. The van der Waals surface area contributed by atoms with Crippen LogP contribution in [0.15, 0.2) is 60.9 Å². The second-order valence-corrected chi connectivity index (χ2v) is 7.17. The summed E-state index contributed by atoms with van der Waals surface area (Å²) in [5.41, 5.74) is 6.11. The molecule has 134 valence electrons. The molecule has 0 radical (unpaired) electrons. The molecular weight excluding hydrogens is 336 g/mol. The molecule has 1 saturated heterocycles. The van der Waals surface area contributed by atoms with Gasteiger partial charge in [-0.3, -0.25) is 9.97 Å². The number of hydrogen-bond donors (Lipinski definition) is 1. The monoisotopic (exact) mass is 356 g/mol. The van der Waals surface area contributed by atoms with Crippen LogP contribution in [0.3, 0.4) is 0 Å². The average molecular weight is 356 g/mol. The number of pyridine rings is 2. The number of hydrogen-bond acceptors (Lipinski definition) is 3. The number of carbonyl (C=O) groups excluding carboxylic acids is 1. The zero-order valence-electron chi connectivity index (χ0n) is 15.1. The first kappa shape index (κ1) is 16.0. The average Bonchev–Trinajstić information content (AvgIpc) is 3.28. The standard InChI is InChI=1S/C22H20N4O/c1-14-7-8-15(13-17(14)18-6-2-3-11-23-18)25-22(27)26-19-9-10-20(26)21-16(19)5-4-12-24-21/h2-8,11-13,19-20H,9-10H2,1H3,(H,25,27)/t19-,20+/m1/s1. The molecule has 2 bridgehead atoms. The van der Waals surface area contributed by atoms with E-state index in [2.05, 4.69) is 28.3 Å². The highest BCUT2D eigenvalue weighted by Crippen LogP contribution is 2.52. The number of aryl methyl sites for hydroxylation is 1. The largest absolute Gasteiger partial charge is 0.322 e. The summed E-state index contributed by atoms with van der Waals surface area (Å²) in [6.45, 7) is 2.05. The van der Waals surface area contributed by atoms with Crippen LogP contribution in [0.4, 0.5) is 10.5 Å². The quantitative estimate of drug-likeness (QED) is 0.712. The molecular formula is C22H20N4O. The van der Waals surface area contributed by atoms with Gasteiger partial charge in [0, 0.05) is 23.6 Å². The molecule has 5 heteroatoms. The third kappa shape index (κ3) is 2.58. The summed E-state index contributed by atoms with van der Waals surface area (Å²) in [6.07, 6.45) is 5.58. The maximum absolute atomic E-state index is 13.0. The zero-order valence-corrected chi connectivity index (χ0v) is 15.1. The van der Waals surface area contributed by atoms with Gasteiger partial charge >= 0.3 is 6.03 Å². The minimum Gasteiger partial charge on any atom is -0.309 e. The molecule has 5 nitrogen and oxygen atoms in total. The van der Waals surface area contributed by atoms with E-state index in [0.29, 0.717) is 0 Å². The molecule has 5 rings (SSSR count). The molecule has 1 aromatic carbocycles. The minimum atomic E-state index is -0.0590. The van der Waals surface area contributed by atoms with Crippen LogP contribution in [0.2, 0.25) is 0 Å². The van der Waals surface area contributed by atoms with E-state index in [1.807, 2.05) is 53.6 Å². The Morgan fingerprint density at radius 2 is 1.89 bits per heavy atom. The number of fused-ring (bicyclic) bond motifs is 5. The van der Waals surface area contributed by atoms with Gasteiger partial charge in [-0.1, -0.05) is 18.2 Å². The van der Waals surface area contributed by atoms with Gasteiger partial charge in [-0.05, 0) is 61.2 Å². The van der Waals surface area contributed by atoms with Crippen molar-refractivity contribution >= 4 is 11.7 Å². The van der Waals surface area contributed by atoms with Crippen LogP contribution in [0, 0.1) is 6.92 Å². The normalized spacial score (nSPS) is 19.8. The van der Waals surface area contributed by atoms with Crippen molar-refractivity contribution in [3.63, 3.8) is 0 Å². The molecule has 3 aromatic rings. The Morgan fingerprint density at radius 3 is 2.70 bits per heavy atom. The van der Waals surface area contributed by atoms with Crippen LogP contribution in [-0.2, 0) is 0 Å². The Bertz CT molecular complexity index is 987. The van der Waals surface area contributed by atoms with Gasteiger partial charge in [0.15, 0.2) is 0 Å². The van der Waals surface area contributed by atoms with E-state index in [9.17, 15) is 4.79 Å². The van der Waals surface area contributed by atoms with Gasteiger partial charge in [0.25, 0.3) is 0 Å². The predicted octanol–water partition coefficient (Wildman–Crippen LogP) is 4.88. The Kier molecular flexibility index (Phi) is 3.67. The predicted molar refractivity (Wildman–Crippen MR) is 104 cm³/mol. The molecule has 0 aliphatic carbocycles. The van der Waals surface area contributed by atoms with Crippen LogP contribution in [0.25, 0.3) is 11.3 Å². The summed E-state index contributed by atoms with van der Waals surface area (Å²) in [4.78, 5) is 24.0. The molecule has 0 saturated carbocycles. The molecule has 0 spiro atoms. The van der Waals surface area contributed by atoms with Gasteiger partial charge in [-0.2, -0.15) is 0 Å². The van der Waals surface area contributed by atoms with E-state index in [1.165, 1.54) is 5.56 Å².